The number of halogens is 1. The van der Waals surface area contributed by atoms with Gasteiger partial charge in [0.2, 0.25) is 0 Å². The highest BCUT2D eigenvalue weighted by Gasteiger charge is 2.12. The molecule has 0 atom stereocenters. The number of rotatable bonds is 8. The molecular weight excluding hydrogens is 288 g/mol. The average Bonchev–Trinajstić information content (AvgIpc) is 2.41. The molecule has 2 N–H and O–H groups in total. The fraction of sp³-hybridized carbons (Fsp3) is 0.625. The Hall–Kier alpha value is -0.810. The Kier molecular flexibility index (Phi) is 7.46. The number of aliphatic hydroxyl groups is 1. The Labute approximate surface area is 133 Å². The molecule has 0 aromatic heterocycles. The molecule has 0 unspecified atom stereocenters. The van der Waals surface area contributed by atoms with Gasteiger partial charge >= 0.3 is 0 Å². The van der Waals surface area contributed by atoms with Crippen LogP contribution in [-0.4, -0.2) is 44.1 Å². The first-order valence-electron chi connectivity index (χ1n) is 7.25. The summed E-state index contributed by atoms with van der Waals surface area (Å²) in [5, 5.41) is 13.3. The lowest BCUT2D eigenvalue weighted by atomic mass is 10.1. The van der Waals surface area contributed by atoms with Crippen LogP contribution in [0.4, 0.5) is 5.69 Å². The zero-order valence-corrected chi connectivity index (χ0v) is 14.2. The molecule has 0 fully saturated rings. The number of aliphatic hydroxyl groups excluding tert-OH is 1. The van der Waals surface area contributed by atoms with Gasteiger partial charge in [-0.15, -0.1) is 0 Å². The van der Waals surface area contributed by atoms with E-state index in [0.717, 1.165) is 17.8 Å². The van der Waals surface area contributed by atoms with Gasteiger partial charge in [0, 0.05) is 32.3 Å². The molecule has 1 rings (SSSR count). The van der Waals surface area contributed by atoms with Gasteiger partial charge in [0.05, 0.1) is 23.9 Å². The first kappa shape index (κ1) is 18.2. The van der Waals surface area contributed by atoms with E-state index in [1.165, 1.54) is 0 Å². The van der Waals surface area contributed by atoms with E-state index < -0.39 is 0 Å². The summed E-state index contributed by atoms with van der Waals surface area (Å²) in [7, 11) is 1.67. The van der Waals surface area contributed by atoms with Crippen LogP contribution < -0.4 is 10.2 Å². The normalized spacial score (nSPS) is 11.7. The van der Waals surface area contributed by atoms with Crippen LogP contribution in [-0.2, 0) is 11.3 Å². The number of anilines is 1. The molecule has 0 aliphatic carbocycles. The van der Waals surface area contributed by atoms with E-state index in [4.69, 9.17) is 16.3 Å². The van der Waals surface area contributed by atoms with Crippen LogP contribution in [0.1, 0.15) is 26.3 Å². The van der Waals surface area contributed by atoms with Crippen molar-refractivity contribution in [3.05, 3.63) is 28.8 Å². The molecule has 21 heavy (non-hydrogen) atoms. The Morgan fingerprint density at radius 2 is 2.00 bits per heavy atom. The Morgan fingerprint density at radius 1 is 1.29 bits per heavy atom. The van der Waals surface area contributed by atoms with E-state index >= 15 is 0 Å². The summed E-state index contributed by atoms with van der Waals surface area (Å²) < 4.78 is 5.10. The standard InChI is InChI=1S/C16H27ClN2O2/c1-16(2,3)18-12-13-5-6-15(14(17)11-13)19(7-9-20)8-10-21-4/h5-6,11,18,20H,7-10,12H2,1-4H3. The van der Waals surface area contributed by atoms with Crippen LogP contribution in [0, 0.1) is 0 Å². The van der Waals surface area contributed by atoms with Crippen molar-refractivity contribution in [1.82, 2.24) is 5.32 Å². The Balaban J connectivity index is 2.79. The quantitative estimate of drug-likeness (QED) is 0.774. The monoisotopic (exact) mass is 314 g/mol. The van der Waals surface area contributed by atoms with Crippen LogP contribution >= 0.6 is 11.6 Å². The predicted molar refractivity (Wildman–Crippen MR) is 89.2 cm³/mol. The van der Waals surface area contributed by atoms with Crippen molar-refractivity contribution in [2.75, 3.05) is 38.3 Å². The molecule has 0 radical (unpaired) electrons. The summed E-state index contributed by atoms with van der Waals surface area (Å²) in [4.78, 5) is 2.03. The van der Waals surface area contributed by atoms with Gasteiger partial charge in [-0.3, -0.25) is 0 Å². The number of methoxy groups -OCH3 is 1. The van der Waals surface area contributed by atoms with E-state index in [9.17, 15) is 5.11 Å². The molecule has 0 heterocycles. The number of nitrogens with zero attached hydrogens (tertiary/aromatic N) is 1. The van der Waals surface area contributed by atoms with Crippen LogP contribution in [0.25, 0.3) is 0 Å². The highest BCUT2D eigenvalue weighted by molar-refractivity contribution is 6.33. The lowest BCUT2D eigenvalue weighted by Crippen LogP contribution is -2.35. The molecule has 5 heteroatoms. The summed E-state index contributed by atoms with van der Waals surface area (Å²) in [5.41, 5.74) is 2.16. The Bertz CT molecular complexity index is 433. The highest BCUT2D eigenvalue weighted by atomic mass is 35.5. The topological polar surface area (TPSA) is 44.7 Å². The molecule has 0 saturated heterocycles. The van der Waals surface area contributed by atoms with Gasteiger partial charge < -0.3 is 20.1 Å². The van der Waals surface area contributed by atoms with Crippen molar-refractivity contribution in [1.29, 1.82) is 0 Å². The molecule has 0 bridgehead atoms. The molecular formula is C16H27ClN2O2. The van der Waals surface area contributed by atoms with E-state index in [1.807, 2.05) is 17.0 Å². The highest BCUT2D eigenvalue weighted by Crippen LogP contribution is 2.27. The summed E-state index contributed by atoms with van der Waals surface area (Å²) in [5.74, 6) is 0. The van der Waals surface area contributed by atoms with E-state index in [-0.39, 0.29) is 12.1 Å². The summed E-state index contributed by atoms with van der Waals surface area (Å²) in [6.45, 7) is 9.13. The molecule has 4 nitrogen and oxygen atoms in total. The third-order valence-electron chi connectivity index (χ3n) is 3.11. The molecule has 0 amide bonds. The minimum Gasteiger partial charge on any atom is -0.395 e. The molecule has 120 valence electrons. The smallest absolute Gasteiger partial charge is 0.0642 e. The zero-order chi connectivity index (χ0) is 15.9. The van der Waals surface area contributed by atoms with Gasteiger partial charge in [0.15, 0.2) is 0 Å². The fourth-order valence-corrected chi connectivity index (χ4v) is 2.28. The van der Waals surface area contributed by atoms with Crippen LogP contribution in [0.3, 0.4) is 0 Å². The predicted octanol–water partition coefficient (Wildman–Crippen LogP) is 2.67. The largest absolute Gasteiger partial charge is 0.395 e. The van der Waals surface area contributed by atoms with Crippen LogP contribution in [0.2, 0.25) is 5.02 Å². The van der Waals surface area contributed by atoms with E-state index in [0.29, 0.717) is 24.7 Å². The van der Waals surface area contributed by atoms with Crippen molar-refractivity contribution in [2.45, 2.75) is 32.9 Å². The third kappa shape index (κ3) is 6.66. The van der Waals surface area contributed by atoms with Crippen molar-refractivity contribution < 1.29 is 9.84 Å². The summed E-state index contributed by atoms with van der Waals surface area (Å²) in [6.07, 6.45) is 0. The number of hydrogen-bond donors (Lipinski definition) is 2. The second kappa shape index (κ2) is 8.59. The maximum atomic E-state index is 9.18. The zero-order valence-electron chi connectivity index (χ0n) is 13.4. The van der Waals surface area contributed by atoms with Crippen molar-refractivity contribution >= 4 is 17.3 Å². The number of benzene rings is 1. The molecule has 0 saturated carbocycles. The van der Waals surface area contributed by atoms with E-state index in [2.05, 4.69) is 32.2 Å². The lowest BCUT2D eigenvalue weighted by molar-refractivity contribution is 0.203. The molecule has 1 aromatic rings. The number of nitrogens with one attached hydrogen (secondary N) is 1. The average molecular weight is 315 g/mol. The van der Waals surface area contributed by atoms with Crippen molar-refractivity contribution in [3.63, 3.8) is 0 Å². The van der Waals surface area contributed by atoms with Gasteiger partial charge in [-0.05, 0) is 38.5 Å². The number of hydrogen-bond acceptors (Lipinski definition) is 4. The number of ether oxygens (including phenoxy) is 1. The second-order valence-corrected chi connectivity index (χ2v) is 6.50. The van der Waals surface area contributed by atoms with Gasteiger partial charge in [-0.25, -0.2) is 0 Å². The molecule has 0 aliphatic rings. The molecule has 0 aliphatic heterocycles. The van der Waals surface area contributed by atoms with Gasteiger partial charge in [0.25, 0.3) is 0 Å². The lowest BCUT2D eigenvalue weighted by Gasteiger charge is -2.25. The maximum Gasteiger partial charge on any atom is 0.0642 e. The maximum absolute atomic E-state index is 9.18. The summed E-state index contributed by atoms with van der Waals surface area (Å²) in [6, 6.07) is 6.05. The minimum absolute atomic E-state index is 0.0759. The molecule has 0 spiro atoms. The first-order valence-corrected chi connectivity index (χ1v) is 7.63. The van der Waals surface area contributed by atoms with E-state index in [1.54, 1.807) is 7.11 Å². The van der Waals surface area contributed by atoms with Gasteiger partial charge in [-0.2, -0.15) is 0 Å². The van der Waals surface area contributed by atoms with Gasteiger partial charge in [-0.1, -0.05) is 17.7 Å². The molecule has 1 aromatic carbocycles. The van der Waals surface area contributed by atoms with Crippen LogP contribution in [0.5, 0.6) is 0 Å². The third-order valence-corrected chi connectivity index (χ3v) is 3.41. The minimum atomic E-state index is 0.0759. The van der Waals surface area contributed by atoms with Crippen molar-refractivity contribution in [3.8, 4) is 0 Å². The van der Waals surface area contributed by atoms with Crippen LogP contribution in [0.15, 0.2) is 18.2 Å². The SMILES string of the molecule is COCCN(CCO)c1ccc(CNC(C)(C)C)cc1Cl. The second-order valence-electron chi connectivity index (χ2n) is 6.09. The first-order chi connectivity index (χ1) is 9.87. The summed E-state index contributed by atoms with van der Waals surface area (Å²) >= 11 is 6.40. The fourth-order valence-electron chi connectivity index (χ4n) is 1.96. The Morgan fingerprint density at radius 3 is 2.52 bits per heavy atom. The van der Waals surface area contributed by atoms with Crippen molar-refractivity contribution in [2.24, 2.45) is 0 Å². The van der Waals surface area contributed by atoms with Gasteiger partial charge in [0.1, 0.15) is 0 Å².